The first-order valence-corrected chi connectivity index (χ1v) is 9.65. The number of carbonyl (C=O) groups excluding carboxylic acids is 1. The van der Waals surface area contributed by atoms with Crippen LogP contribution in [0.15, 0.2) is 48.7 Å². The second-order valence-corrected chi connectivity index (χ2v) is 7.64. The molecule has 5 heteroatoms. The topological polar surface area (TPSA) is 69.0 Å². The summed E-state index contributed by atoms with van der Waals surface area (Å²) in [6, 6.07) is 16.3. The van der Waals surface area contributed by atoms with Crippen molar-refractivity contribution in [3.63, 3.8) is 0 Å². The number of nitrogens with one attached hydrogen (secondary N) is 1. The Kier molecular flexibility index (Phi) is 4.81. The van der Waals surface area contributed by atoms with E-state index in [0.29, 0.717) is 5.56 Å². The summed E-state index contributed by atoms with van der Waals surface area (Å²) < 4.78 is 0. The van der Waals surface area contributed by atoms with Gasteiger partial charge in [-0.25, -0.2) is 4.98 Å². The van der Waals surface area contributed by atoms with Crippen molar-refractivity contribution >= 4 is 11.7 Å². The van der Waals surface area contributed by atoms with Crippen molar-refractivity contribution in [1.29, 1.82) is 5.26 Å². The van der Waals surface area contributed by atoms with Crippen molar-refractivity contribution in [2.24, 2.45) is 5.92 Å². The molecule has 0 bridgehead atoms. The van der Waals surface area contributed by atoms with Gasteiger partial charge in [-0.15, -0.1) is 0 Å². The third kappa shape index (κ3) is 3.80. The van der Waals surface area contributed by atoms with Crippen molar-refractivity contribution in [3.8, 4) is 6.07 Å². The van der Waals surface area contributed by atoms with Crippen molar-refractivity contribution in [2.75, 3.05) is 24.5 Å². The van der Waals surface area contributed by atoms with Gasteiger partial charge in [-0.3, -0.25) is 4.79 Å². The number of hydrogen-bond acceptors (Lipinski definition) is 4. The number of nitriles is 1. The van der Waals surface area contributed by atoms with Crippen molar-refractivity contribution in [2.45, 2.75) is 31.1 Å². The summed E-state index contributed by atoms with van der Waals surface area (Å²) in [6.07, 6.45) is 5.59. The Morgan fingerprint density at radius 3 is 2.52 bits per heavy atom. The normalized spacial score (nSPS) is 18.6. The fourth-order valence-corrected chi connectivity index (χ4v) is 3.92. The van der Waals surface area contributed by atoms with Gasteiger partial charge in [-0.05, 0) is 43.4 Å². The molecule has 2 aliphatic rings. The Balaban J connectivity index is 1.28. The summed E-state index contributed by atoms with van der Waals surface area (Å²) in [5.41, 5.74) is 2.07. The molecular weight excluding hydrogens is 336 g/mol. The Labute approximate surface area is 160 Å². The standard InChI is InChI=1S/C22H24N4O/c23-14-17-6-7-20(24-15-17)26-12-8-18(9-13-26)21(27)25-16-22(10-11-22)19-4-2-1-3-5-19/h1-7,15,18H,8-13,16H2,(H,25,27). The molecule has 1 aromatic heterocycles. The molecule has 0 atom stereocenters. The Morgan fingerprint density at radius 1 is 1.19 bits per heavy atom. The highest BCUT2D eigenvalue weighted by molar-refractivity contribution is 5.79. The predicted octanol–water partition coefficient (Wildman–Crippen LogP) is 3.02. The number of hydrogen-bond donors (Lipinski definition) is 1. The molecular formula is C22H24N4O. The third-order valence-electron chi connectivity index (χ3n) is 5.91. The molecule has 1 amide bonds. The van der Waals surface area contributed by atoms with Crippen LogP contribution in [0.4, 0.5) is 5.82 Å². The summed E-state index contributed by atoms with van der Waals surface area (Å²) in [5.74, 6) is 1.14. The van der Waals surface area contributed by atoms with E-state index in [1.165, 1.54) is 5.56 Å². The van der Waals surface area contributed by atoms with E-state index in [9.17, 15) is 4.79 Å². The van der Waals surface area contributed by atoms with Gasteiger partial charge in [0.2, 0.25) is 5.91 Å². The number of carbonyl (C=O) groups is 1. The largest absolute Gasteiger partial charge is 0.357 e. The molecule has 0 radical (unpaired) electrons. The maximum Gasteiger partial charge on any atom is 0.223 e. The van der Waals surface area contributed by atoms with Crippen molar-refractivity contribution in [1.82, 2.24) is 10.3 Å². The van der Waals surface area contributed by atoms with Gasteiger partial charge in [0.25, 0.3) is 0 Å². The number of anilines is 1. The molecule has 2 fully saturated rings. The van der Waals surface area contributed by atoms with Crippen molar-refractivity contribution < 1.29 is 4.79 Å². The predicted molar refractivity (Wildman–Crippen MR) is 104 cm³/mol. The van der Waals surface area contributed by atoms with E-state index in [2.05, 4.69) is 45.5 Å². The molecule has 0 unspecified atom stereocenters. The minimum absolute atomic E-state index is 0.0752. The van der Waals surface area contributed by atoms with E-state index in [1.54, 1.807) is 12.3 Å². The summed E-state index contributed by atoms with van der Waals surface area (Å²) in [5, 5.41) is 12.1. The molecule has 4 rings (SSSR count). The number of pyridine rings is 1. The molecule has 1 N–H and O–H groups in total. The number of rotatable bonds is 5. The molecule has 27 heavy (non-hydrogen) atoms. The van der Waals surface area contributed by atoms with Gasteiger partial charge in [0.1, 0.15) is 11.9 Å². The lowest BCUT2D eigenvalue weighted by molar-refractivity contribution is -0.125. The minimum atomic E-state index is 0.0752. The maximum atomic E-state index is 12.6. The molecule has 2 heterocycles. The molecule has 1 saturated heterocycles. The zero-order chi connectivity index (χ0) is 18.7. The lowest BCUT2D eigenvalue weighted by Gasteiger charge is -2.32. The van der Waals surface area contributed by atoms with Crippen LogP contribution in [0.3, 0.4) is 0 Å². The zero-order valence-electron chi connectivity index (χ0n) is 15.4. The number of aromatic nitrogens is 1. The number of benzene rings is 1. The molecule has 2 aromatic rings. The van der Waals surface area contributed by atoms with Gasteiger partial charge in [0, 0.05) is 37.2 Å². The lowest BCUT2D eigenvalue weighted by Crippen LogP contribution is -2.42. The fraction of sp³-hybridized carbons (Fsp3) is 0.409. The third-order valence-corrected chi connectivity index (χ3v) is 5.91. The number of amides is 1. The fourth-order valence-electron chi connectivity index (χ4n) is 3.92. The van der Waals surface area contributed by atoms with Crippen LogP contribution < -0.4 is 10.2 Å². The second kappa shape index (κ2) is 7.40. The molecule has 5 nitrogen and oxygen atoms in total. The minimum Gasteiger partial charge on any atom is -0.357 e. The summed E-state index contributed by atoms with van der Waals surface area (Å²) >= 11 is 0. The SMILES string of the molecule is N#Cc1ccc(N2CCC(C(=O)NCC3(c4ccccc4)CC3)CC2)nc1. The first-order chi connectivity index (χ1) is 13.2. The lowest BCUT2D eigenvalue weighted by atomic mass is 9.93. The Bertz CT molecular complexity index is 829. The van der Waals surface area contributed by atoms with Crippen LogP contribution in [0.25, 0.3) is 0 Å². The molecule has 1 saturated carbocycles. The van der Waals surface area contributed by atoms with Gasteiger partial charge in [0.15, 0.2) is 0 Å². The van der Waals surface area contributed by atoms with E-state index in [4.69, 9.17) is 5.26 Å². The Morgan fingerprint density at radius 2 is 1.93 bits per heavy atom. The zero-order valence-corrected chi connectivity index (χ0v) is 15.4. The van der Waals surface area contributed by atoms with Crippen LogP contribution in [0.1, 0.15) is 36.8 Å². The van der Waals surface area contributed by atoms with Gasteiger partial charge >= 0.3 is 0 Å². The average molecular weight is 360 g/mol. The molecule has 1 aromatic carbocycles. The van der Waals surface area contributed by atoms with E-state index in [1.807, 2.05) is 12.1 Å². The molecule has 0 spiro atoms. The Hall–Kier alpha value is -2.87. The van der Waals surface area contributed by atoms with Crippen LogP contribution in [-0.2, 0) is 10.2 Å². The van der Waals surface area contributed by atoms with E-state index < -0.39 is 0 Å². The smallest absolute Gasteiger partial charge is 0.223 e. The van der Waals surface area contributed by atoms with E-state index in [-0.39, 0.29) is 17.2 Å². The summed E-state index contributed by atoms with van der Waals surface area (Å²) in [7, 11) is 0. The quantitative estimate of drug-likeness (QED) is 0.890. The highest BCUT2D eigenvalue weighted by Gasteiger charge is 2.44. The number of nitrogens with zero attached hydrogens (tertiary/aromatic N) is 3. The van der Waals surface area contributed by atoms with E-state index >= 15 is 0 Å². The summed E-state index contributed by atoms with van der Waals surface area (Å²) in [4.78, 5) is 19.2. The van der Waals surface area contributed by atoms with Gasteiger partial charge in [-0.2, -0.15) is 5.26 Å². The monoisotopic (exact) mass is 360 g/mol. The maximum absolute atomic E-state index is 12.6. The number of piperidine rings is 1. The molecule has 1 aliphatic carbocycles. The van der Waals surface area contributed by atoms with E-state index in [0.717, 1.165) is 51.1 Å². The summed E-state index contributed by atoms with van der Waals surface area (Å²) in [6.45, 7) is 2.38. The second-order valence-electron chi connectivity index (χ2n) is 7.64. The first kappa shape index (κ1) is 17.5. The van der Waals surface area contributed by atoms with Crippen LogP contribution in [0, 0.1) is 17.2 Å². The average Bonchev–Trinajstić information content (AvgIpc) is 3.54. The first-order valence-electron chi connectivity index (χ1n) is 9.65. The van der Waals surface area contributed by atoms with Gasteiger partial charge in [-0.1, -0.05) is 30.3 Å². The van der Waals surface area contributed by atoms with Gasteiger partial charge in [0.05, 0.1) is 5.56 Å². The highest BCUT2D eigenvalue weighted by atomic mass is 16.1. The van der Waals surface area contributed by atoms with Crippen LogP contribution in [0.2, 0.25) is 0 Å². The van der Waals surface area contributed by atoms with Crippen molar-refractivity contribution in [3.05, 3.63) is 59.8 Å². The molecule has 138 valence electrons. The van der Waals surface area contributed by atoms with Crippen LogP contribution in [0.5, 0.6) is 0 Å². The van der Waals surface area contributed by atoms with Gasteiger partial charge < -0.3 is 10.2 Å². The van der Waals surface area contributed by atoms with Crippen LogP contribution in [-0.4, -0.2) is 30.5 Å². The highest BCUT2D eigenvalue weighted by Crippen LogP contribution is 2.47. The molecule has 1 aliphatic heterocycles. The van der Waals surface area contributed by atoms with Crippen LogP contribution >= 0.6 is 0 Å².